The van der Waals surface area contributed by atoms with Gasteiger partial charge in [-0.1, -0.05) is 49.4 Å². The second kappa shape index (κ2) is 10.5. The van der Waals surface area contributed by atoms with Crippen molar-refractivity contribution >= 4 is 11.6 Å². The summed E-state index contributed by atoms with van der Waals surface area (Å²) in [6, 6.07) is 26.6. The Bertz CT molecular complexity index is 1010. The first-order valence-electron chi connectivity index (χ1n) is 11.5. The average molecular weight is 429 g/mol. The molecule has 0 unspecified atom stereocenters. The van der Waals surface area contributed by atoms with Gasteiger partial charge in [0.1, 0.15) is 5.75 Å². The lowest BCUT2D eigenvalue weighted by molar-refractivity contribution is 0.0958. The molecule has 3 aromatic rings. The van der Waals surface area contributed by atoms with Gasteiger partial charge in [-0.15, -0.1) is 0 Å². The highest BCUT2D eigenvalue weighted by Gasteiger charge is 2.30. The number of hydrogen-bond acceptors (Lipinski definition) is 3. The fourth-order valence-electron chi connectivity index (χ4n) is 4.47. The van der Waals surface area contributed by atoms with Crippen molar-refractivity contribution in [1.29, 1.82) is 0 Å². The third-order valence-corrected chi connectivity index (χ3v) is 6.32. The van der Waals surface area contributed by atoms with Crippen LogP contribution in [0.1, 0.15) is 41.3 Å². The van der Waals surface area contributed by atoms with Crippen LogP contribution in [0.3, 0.4) is 0 Å². The molecule has 0 aliphatic carbocycles. The van der Waals surface area contributed by atoms with Gasteiger partial charge < -0.3 is 9.64 Å². The molecule has 4 nitrogen and oxygen atoms in total. The molecule has 4 rings (SSSR count). The number of amides is 1. The largest absolute Gasteiger partial charge is 0.497 e. The van der Waals surface area contributed by atoms with Crippen molar-refractivity contribution in [2.45, 2.75) is 38.8 Å². The number of ether oxygens (including phenoxy) is 1. The Morgan fingerprint density at radius 1 is 0.938 bits per heavy atom. The third-order valence-electron chi connectivity index (χ3n) is 6.32. The highest BCUT2D eigenvalue weighted by molar-refractivity contribution is 6.06. The van der Waals surface area contributed by atoms with Gasteiger partial charge in [0, 0.05) is 36.9 Å². The van der Waals surface area contributed by atoms with E-state index in [1.54, 1.807) is 7.11 Å². The molecule has 1 aliphatic rings. The van der Waals surface area contributed by atoms with Crippen LogP contribution in [0.25, 0.3) is 0 Å². The minimum absolute atomic E-state index is 0.0843. The fourth-order valence-corrected chi connectivity index (χ4v) is 4.47. The van der Waals surface area contributed by atoms with E-state index in [1.165, 1.54) is 11.1 Å². The third kappa shape index (κ3) is 5.20. The number of piperidine rings is 1. The molecule has 0 bridgehead atoms. The number of carbonyl (C=O) groups excluding carboxylic acids is 1. The summed E-state index contributed by atoms with van der Waals surface area (Å²) in [5, 5.41) is 0. The summed E-state index contributed by atoms with van der Waals surface area (Å²) in [5.74, 6) is 0.980. The van der Waals surface area contributed by atoms with E-state index in [2.05, 4.69) is 48.2 Å². The highest BCUT2D eigenvalue weighted by Crippen LogP contribution is 2.27. The monoisotopic (exact) mass is 428 g/mol. The van der Waals surface area contributed by atoms with Crippen LogP contribution in [0.4, 0.5) is 5.69 Å². The van der Waals surface area contributed by atoms with E-state index in [-0.39, 0.29) is 11.9 Å². The molecular formula is C28H32N2O2. The van der Waals surface area contributed by atoms with Crippen molar-refractivity contribution in [3.8, 4) is 5.75 Å². The Balaban J connectivity index is 1.49. The van der Waals surface area contributed by atoms with Crippen LogP contribution >= 0.6 is 0 Å². The highest BCUT2D eigenvalue weighted by atomic mass is 16.5. The summed E-state index contributed by atoms with van der Waals surface area (Å²) >= 11 is 0. The number of anilines is 1. The van der Waals surface area contributed by atoms with E-state index >= 15 is 0 Å². The van der Waals surface area contributed by atoms with Crippen LogP contribution in [0, 0.1) is 0 Å². The minimum atomic E-state index is 0.0843. The SMILES string of the molecule is CCc1ccc(N(C(=O)c2ccccc2)C2CCN(Cc3cccc(OC)c3)CC2)cc1. The molecule has 0 aromatic heterocycles. The standard InChI is InChI=1S/C28H32N2O2/c1-3-22-12-14-25(15-13-22)30(28(31)24-9-5-4-6-10-24)26-16-18-29(19-17-26)21-23-8-7-11-27(20-23)32-2/h4-15,20,26H,3,16-19,21H2,1-2H3. The summed E-state index contributed by atoms with van der Waals surface area (Å²) < 4.78 is 5.36. The number of rotatable bonds is 7. The molecule has 0 radical (unpaired) electrons. The van der Waals surface area contributed by atoms with E-state index in [4.69, 9.17) is 4.74 Å². The molecular weight excluding hydrogens is 396 g/mol. The van der Waals surface area contributed by atoms with Crippen LogP contribution in [-0.4, -0.2) is 37.0 Å². The number of likely N-dealkylation sites (tertiary alicyclic amines) is 1. The fraction of sp³-hybridized carbons (Fsp3) is 0.321. The average Bonchev–Trinajstić information content (AvgIpc) is 2.86. The van der Waals surface area contributed by atoms with Crippen molar-refractivity contribution < 1.29 is 9.53 Å². The van der Waals surface area contributed by atoms with Gasteiger partial charge in [-0.2, -0.15) is 0 Å². The van der Waals surface area contributed by atoms with E-state index in [9.17, 15) is 4.79 Å². The maximum Gasteiger partial charge on any atom is 0.258 e. The van der Waals surface area contributed by atoms with Gasteiger partial charge in [0.05, 0.1) is 7.11 Å². The van der Waals surface area contributed by atoms with Crippen LogP contribution in [0.15, 0.2) is 78.9 Å². The molecule has 3 aromatic carbocycles. The normalized spacial score (nSPS) is 14.8. The first kappa shape index (κ1) is 22.1. The quantitative estimate of drug-likeness (QED) is 0.493. The predicted molar refractivity (Wildman–Crippen MR) is 130 cm³/mol. The molecule has 0 atom stereocenters. The zero-order chi connectivity index (χ0) is 22.3. The summed E-state index contributed by atoms with van der Waals surface area (Å²) in [7, 11) is 1.70. The van der Waals surface area contributed by atoms with Crippen LogP contribution in [0.5, 0.6) is 5.75 Å². The number of methoxy groups -OCH3 is 1. The zero-order valence-electron chi connectivity index (χ0n) is 19.0. The molecule has 1 amide bonds. The summed E-state index contributed by atoms with van der Waals surface area (Å²) in [6.45, 7) is 4.99. The molecule has 0 spiro atoms. The van der Waals surface area contributed by atoms with Crippen molar-refractivity contribution in [2.75, 3.05) is 25.1 Å². The van der Waals surface area contributed by atoms with Crippen molar-refractivity contribution in [1.82, 2.24) is 4.90 Å². The molecule has 1 aliphatic heterocycles. The lowest BCUT2D eigenvalue weighted by atomic mass is 9.99. The first-order valence-corrected chi connectivity index (χ1v) is 11.5. The van der Waals surface area contributed by atoms with E-state index in [0.717, 1.165) is 55.9 Å². The number of nitrogens with zero attached hydrogens (tertiary/aromatic N) is 2. The Kier molecular flexibility index (Phi) is 7.23. The Labute approximate surface area is 191 Å². The van der Waals surface area contributed by atoms with Crippen LogP contribution in [0.2, 0.25) is 0 Å². The number of carbonyl (C=O) groups is 1. The van der Waals surface area contributed by atoms with Crippen molar-refractivity contribution in [3.63, 3.8) is 0 Å². The zero-order valence-corrected chi connectivity index (χ0v) is 19.0. The maximum atomic E-state index is 13.5. The van der Waals surface area contributed by atoms with Gasteiger partial charge in [-0.3, -0.25) is 9.69 Å². The lowest BCUT2D eigenvalue weighted by Gasteiger charge is -2.38. The lowest BCUT2D eigenvalue weighted by Crippen LogP contribution is -2.47. The Morgan fingerprint density at radius 2 is 1.66 bits per heavy atom. The molecule has 1 fully saturated rings. The second-order valence-corrected chi connectivity index (χ2v) is 8.42. The smallest absolute Gasteiger partial charge is 0.258 e. The first-order chi connectivity index (χ1) is 15.7. The molecule has 0 N–H and O–H groups in total. The number of benzene rings is 3. The van der Waals surface area contributed by atoms with Gasteiger partial charge in [-0.05, 0) is 66.8 Å². The topological polar surface area (TPSA) is 32.8 Å². The van der Waals surface area contributed by atoms with Crippen molar-refractivity contribution in [2.24, 2.45) is 0 Å². The number of hydrogen-bond donors (Lipinski definition) is 0. The molecule has 4 heteroatoms. The van der Waals surface area contributed by atoms with Crippen LogP contribution in [-0.2, 0) is 13.0 Å². The molecule has 0 saturated carbocycles. The van der Waals surface area contributed by atoms with Gasteiger partial charge in [0.25, 0.3) is 5.91 Å². The number of aryl methyl sites for hydroxylation is 1. The molecule has 1 saturated heterocycles. The van der Waals surface area contributed by atoms with Gasteiger partial charge >= 0.3 is 0 Å². The van der Waals surface area contributed by atoms with Gasteiger partial charge in [0.2, 0.25) is 0 Å². The summed E-state index contributed by atoms with van der Waals surface area (Å²) in [5.41, 5.74) is 4.28. The summed E-state index contributed by atoms with van der Waals surface area (Å²) in [4.78, 5) is 18.0. The van der Waals surface area contributed by atoms with E-state index in [1.807, 2.05) is 47.4 Å². The summed E-state index contributed by atoms with van der Waals surface area (Å²) in [6.07, 6.45) is 2.91. The van der Waals surface area contributed by atoms with E-state index < -0.39 is 0 Å². The Morgan fingerprint density at radius 3 is 2.31 bits per heavy atom. The van der Waals surface area contributed by atoms with Gasteiger partial charge in [-0.25, -0.2) is 0 Å². The second-order valence-electron chi connectivity index (χ2n) is 8.42. The molecule has 32 heavy (non-hydrogen) atoms. The molecule has 1 heterocycles. The van der Waals surface area contributed by atoms with Crippen LogP contribution < -0.4 is 9.64 Å². The maximum absolute atomic E-state index is 13.5. The molecule has 166 valence electrons. The predicted octanol–water partition coefficient (Wildman–Crippen LogP) is 5.57. The van der Waals surface area contributed by atoms with Crippen molar-refractivity contribution in [3.05, 3.63) is 95.6 Å². The van der Waals surface area contributed by atoms with Gasteiger partial charge in [0.15, 0.2) is 0 Å². The minimum Gasteiger partial charge on any atom is -0.497 e. The van der Waals surface area contributed by atoms with E-state index in [0.29, 0.717) is 0 Å². The Hall–Kier alpha value is -3.11.